The molecule has 0 bridgehead atoms. The fourth-order valence-electron chi connectivity index (χ4n) is 2.72. The number of piperidine rings is 1. The van der Waals surface area contributed by atoms with Gasteiger partial charge in [-0.3, -0.25) is 4.90 Å². The van der Waals surface area contributed by atoms with Gasteiger partial charge in [-0.1, -0.05) is 39.8 Å². The lowest BCUT2D eigenvalue weighted by Gasteiger charge is -2.34. The molecule has 1 aromatic carbocycles. The van der Waals surface area contributed by atoms with Crippen molar-refractivity contribution in [2.75, 3.05) is 26.2 Å². The molecule has 2 unspecified atom stereocenters. The Hall–Kier alpha value is -1.06. The standard InChI is InChI=1S/C18H30N2O/c1-14-9-10-20(13-17(14)19)11-12-21-16-7-5-15(6-8-16)18(2,3)4/h5-8,14,17H,9-13,19H2,1-4H3. The second kappa shape index (κ2) is 6.80. The zero-order valence-corrected chi connectivity index (χ0v) is 13.9. The summed E-state index contributed by atoms with van der Waals surface area (Å²) in [6.07, 6.45) is 1.20. The summed E-state index contributed by atoms with van der Waals surface area (Å²) < 4.78 is 5.86. The van der Waals surface area contributed by atoms with Crippen molar-refractivity contribution >= 4 is 0 Å². The number of hydrogen-bond donors (Lipinski definition) is 1. The van der Waals surface area contributed by atoms with Crippen LogP contribution < -0.4 is 10.5 Å². The Morgan fingerprint density at radius 1 is 1.24 bits per heavy atom. The van der Waals surface area contributed by atoms with E-state index in [-0.39, 0.29) is 5.41 Å². The van der Waals surface area contributed by atoms with Crippen molar-refractivity contribution in [3.63, 3.8) is 0 Å². The second-order valence-electron chi connectivity index (χ2n) is 7.35. The Bertz CT molecular complexity index is 436. The lowest BCUT2D eigenvalue weighted by Crippen LogP contribution is -2.48. The molecule has 1 aliphatic rings. The predicted octanol–water partition coefficient (Wildman–Crippen LogP) is 3.03. The molecule has 0 radical (unpaired) electrons. The topological polar surface area (TPSA) is 38.5 Å². The number of rotatable bonds is 4. The zero-order chi connectivity index (χ0) is 15.5. The van der Waals surface area contributed by atoms with Crippen molar-refractivity contribution in [1.29, 1.82) is 0 Å². The van der Waals surface area contributed by atoms with Gasteiger partial charge in [-0.05, 0) is 42.0 Å². The van der Waals surface area contributed by atoms with Crippen LogP contribution in [0.1, 0.15) is 39.7 Å². The predicted molar refractivity (Wildman–Crippen MR) is 88.8 cm³/mol. The Balaban J connectivity index is 1.76. The molecule has 3 nitrogen and oxygen atoms in total. The maximum absolute atomic E-state index is 6.13. The first-order valence-electron chi connectivity index (χ1n) is 8.07. The Kier molecular flexibility index (Phi) is 5.28. The average Bonchev–Trinajstić information content (AvgIpc) is 2.42. The third-order valence-electron chi connectivity index (χ3n) is 4.50. The van der Waals surface area contributed by atoms with Gasteiger partial charge in [-0.25, -0.2) is 0 Å². The van der Waals surface area contributed by atoms with Crippen LogP contribution in [0.25, 0.3) is 0 Å². The second-order valence-corrected chi connectivity index (χ2v) is 7.35. The third-order valence-corrected chi connectivity index (χ3v) is 4.50. The van der Waals surface area contributed by atoms with Crippen LogP contribution in [0.5, 0.6) is 5.75 Å². The van der Waals surface area contributed by atoms with Crippen molar-refractivity contribution in [2.24, 2.45) is 11.7 Å². The van der Waals surface area contributed by atoms with E-state index < -0.39 is 0 Å². The van der Waals surface area contributed by atoms with E-state index in [2.05, 4.69) is 56.9 Å². The van der Waals surface area contributed by atoms with E-state index in [9.17, 15) is 0 Å². The maximum atomic E-state index is 6.13. The van der Waals surface area contributed by atoms with E-state index in [1.165, 1.54) is 12.0 Å². The summed E-state index contributed by atoms with van der Waals surface area (Å²) in [5.41, 5.74) is 7.66. The summed E-state index contributed by atoms with van der Waals surface area (Å²) in [5.74, 6) is 1.60. The molecule has 118 valence electrons. The molecule has 0 aromatic heterocycles. The Morgan fingerprint density at radius 3 is 2.48 bits per heavy atom. The van der Waals surface area contributed by atoms with E-state index in [0.717, 1.165) is 32.0 Å². The molecule has 21 heavy (non-hydrogen) atoms. The number of likely N-dealkylation sites (tertiary alicyclic amines) is 1. The molecule has 0 aliphatic carbocycles. The highest BCUT2D eigenvalue weighted by Crippen LogP contribution is 2.24. The number of benzene rings is 1. The first kappa shape index (κ1) is 16.3. The highest BCUT2D eigenvalue weighted by molar-refractivity contribution is 5.31. The van der Waals surface area contributed by atoms with E-state index in [4.69, 9.17) is 10.5 Å². The zero-order valence-electron chi connectivity index (χ0n) is 13.9. The van der Waals surface area contributed by atoms with Gasteiger partial charge in [0.1, 0.15) is 12.4 Å². The molecule has 2 atom stereocenters. The normalized spacial score (nSPS) is 24.0. The first-order valence-corrected chi connectivity index (χ1v) is 8.07. The molecule has 0 saturated carbocycles. The fraction of sp³-hybridized carbons (Fsp3) is 0.667. The van der Waals surface area contributed by atoms with Gasteiger partial charge in [0.05, 0.1) is 0 Å². The molecular weight excluding hydrogens is 260 g/mol. The van der Waals surface area contributed by atoms with Crippen LogP contribution >= 0.6 is 0 Å². The minimum absolute atomic E-state index is 0.194. The minimum Gasteiger partial charge on any atom is -0.492 e. The molecule has 1 aliphatic heterocycles. The van der Waals surface area contributed by atoms with E-state index in [0.29, 0.717) is 12.0 Å². The molecule has 1 aromatic rings. The van der Waals surface area contributed by atoms with Crippen LogP contribution in [0.2, 0.25) is 0 Å². The number of nitrogens with two attached hydrogens (primary N) is 1. The summed E-state index contributed by atoms with van der Waals surface area (Å²) in [4.78, 5) is 2.41. The minimum atomic E-state index is 0.194. The molecule has 1 saturated heterocycles. The molecule has 2 N–H and O–H groups in total. The lowest BCUT2D eigenvalue weighted by atomic mass is 9.87. The van der Waals surface area contributed by atoms with E-state index in [1.54, 1.807) is 0 Å². The lowest BCUT2D eigenvalue weighted by molar-refractivity contribution is 0.143. The van der Waals surface area contributed by atoms with Crippen molar-refractivity contribution in [3.8, 4) is 5.75 Å². The number of hydrogen-bond acceptors (Lipinski definition) is 3. The molecule has 3 heteroatoms. The SMILES string of the molecule is CC1CCN(CCOc2ccc(C(C)(C)C)cc2)CC1N. The molecule has 1 heterocycles. The highest BCUT2D eigenvalue weighted by atomic mass is 16.5. The van der Waals surface area contributed by atoms with E-state index in [1.807, 2.05) is 0 Å². The quantitative estimate of drug-likeness (QED) is 0.926. The Morgan fingerprint density at radius 2 is 1.90 bits per heavy atom. The van der Waals surface area contributed by atoms with Crippen molar-refractivity contribution in [3.05, 3.63) is 29.8 Å². The largest absolute Gasteiger partial charge is 0.492 e. The molecule has 0 spiro atoms. The number of ether oxygens (including phenoxy) is 1. The average molecular weight is 290 g/mol. The van der Waals surface area contributed by atoms with Crippen LogP contribution in [0.3, 0.4) is 0 Å². The van der Waals surface area contributed by atoms with Gasteiger partial charge in [-0.15, -0.1) is 0 Å². The van der Waals surface area contributed by atoms with Crippen LogP contribution in [-0.4, -0.2) is 37.2 Å². The van der Waals surface area contributed by atoms with Gasteiger partial charge < -0.3 is 10.5 Å². The van der Waals surface area contributed by atoms with Gasteiger partial charge in [-0.2, -0.15) is 0 Å². The summed E-state index contributed by atoms with van der Waals surface area (Å²) in [6.45, 7) is 12.7. The summed E-state index contributed by atoms with van der Waals surface area (Å²) in [7, 11) is 0. The van der Waals surface area contributed by atoms with Crippen molar-refractivity contribution in [1.82, 2.24) is 4.90 Å². The van der Waals surface area contributed by atoms with Crippen LogP contribution in [0, 0.1) is 5.92 Å². The third kappa shape index (κ3) is 4.72. The molecule has 0 amide bonds. The Labute approximate surface area is 129 Å². The number of nitrogens with zero attached hydrogens (tertiary/aromatic N) is 1. The van der Waals surface area contributed by atoms with Gasteiger partial charge in [0, 0.05) is 19.1 Å². The monoisotopic (exact) mass is 290 g/mol. The van der Waals surface area contributed by atoms with Gasteiger partial charge in [0.25, 0.3) is 0 Å². The van der Waals surface area contributed by atoms with Crippen LogP contribution in [0.15, 0.2) is 24.3 Å². The fourth-order valence-corrected chi connectivity index (χ4v) is 2.72. The van der Waals surface area contributed by atoms with Crippen LogP contribution in [0.4, 0.5) is 0 Å². The highest BCUT2D eigenvalue weighted by Gasteiger charge is 2.22. The summed E-state index contributed by atoms with van der Waals surface area (Å²) in [6, 6.07) is 8.78. The summed E-state index contributed by atoms with van der Waals surface area (Å²) >= 11 is 0. The van der Waals surface area contributed by atoms with Gasteiger partial charge >= 0.3 is 0 Å². The summed E-state index contributed by atoms with van der Waals surface area (Å²) in [5, 5.41) is 0. The van der Waals surface area contributed by atoms with Gasteiger partial charge in [0.2, 0.25) is 0 Å². The van der Waals surface area contributed by atoms with E-state index >= 15 is 0 Å². The molecular formula is C18H30N2O. The van der Waals surface area contributed by atoms with Crippen molar-refractivity contribution < 1.29 is 4.74 Å². The maximum Gasteiger partial charge on any atom is 0.119 e. The molecule has 1 fully saturated rings. The smallest absolute Gasteiger partial charge is 0.119 e. The van der Waals surface area contributed by atoms with Crippen molar-refractivity contribution in [2.45, 2.75) is 45.6 Å². The van der Waals surface area contributed by atoms with Gasteiger partial charge in [0.15, 0.2) is 0 Å². The van der Waals surface area contributed by atoms with Crippen LogP contribution in [-0.2, 0) is 5.41 Å². The molecule has 2 rings (SSSR count). The first-order chi connectivity index (χ1) is 9.86.